The molecule has 0 saturated carbocycles. The minimum atomic E-state index is -0.280. The largest absolute Gasteiger partial charge is 0.496 e. The van der Waals surface area contributed by atoms with Gasteiger partial charge in [-0.1, -0.05) is 0 Å². The third-order valence-corrected chi connectivity index (χ3v) is 6.77. The van der Waals surface area contributed by atoms with E-state index in [0.717, 1.165) is 58.4 Å². The number of nitrogens with one attached hydrogen (secondary N) is 1. The third-order valence-electron chi connectivity index (χ3n) is 6.77. The second kappa shape index (κ2) is 9.89. The highest BCUT2D eigenvalue weighted by Gasteiger charge is 2.25. The molecule has 178 valence electrons. The zero-order valence-electron chi connectivity index (χ0n) is 20.1. The Balaban J connectivity index is 1.51. The molecule has 1 N–H and O–H groups in total. The van der Waals surface area contributed by atoms with Crippen molar-refractivity contribution in [2.24, 2.45) is 0 Å². The molecule has 0 bridgehead atoms. The number of fused-ring (bicyclic) bond motifs is 3. The van der Waals surface area contributed by atoms with E-state index in [2.05, 4.69) is 11.4 Å². The number of benzene rings is 1. The van der Waals surface area contributed by atoms with Crippen LogP contribution in [0.15, 0.2) is 16.6 Å². The summed E-state index contributed by atoms with van der Waals surface area (Å²) in [5.41, 5.74) is 4.94. The van der Waals surface area contributed by atoms with Gasteiger partial charge in [0, 0.05) is 53.7 Å². The second-order valence-corrected chi connectivity index (χ2v) is 8.97. The monoisotopic (exact) mass is 454 g/mol. The van der Waals surface area contributed by atoms with E-state index in [4.69, 9.17) is 13.9 Å². The van der Waals surface area contributed by atoms with Crippen LogP contribution in [0.25, 0.3) is 16.5 Å². The van der Waals surface area contributed by atoms with Gasteiger partial charge in [0.2, 0.25) is 5.91 Å². The van der Waals surface area contributed by atoms with Crippen molar-refractivity contribution in [3.8, 4) is 5.75 Å². The van der Waals surface area contributed by atoms with Gasteiger partial charge in [0.1, 0.15) is 17.1 Å². The Bertz CT molecular complexity index is 1080. The van der Waals surface area contributed by atoms with E-state index < -0.39 is 0 Å². The zero-order valence-corrected chi connectivity index (χ0v) is 20.1. The quantitative estimate of drug-likeness (QED) is 0.659. The highest BCUT2D eigenvalue weighted by Crippen LogP contribution is 2.41. The average molecular weight is 455 g/mol. The number of carbonyl (C=O) groups excluding carboxylic acids is 2. The molecule has 2 aromatic rings. The maximum atomic E-state index is 12.8. The lowest BCUT2D eigenvalue weighted by Gasteiger charge is -2.31. The highest BCUT2D eigenvalue weighted by atomic mass is 16.6. The second-order valence-electron chi connectivity index (χ2n) is 8.97. The SMILES string of the molecule is CCOC(=O)N1CCC(NC(=O)/C=C(\C)c2cc3c4c(oc3c(C)c2OC)CCCC4)CC1. The first-order valence-corrected chi connectivity index (χ1v) is 12.0. The van der Waals surface area contributed by atoms with Crippen molar-refractivity contribution in [3.05, 3.63) is 34.6 Å². The van der Waals surface area contributed by atoms with E-state index >= 15 is 0 Å². The summed E-state index contributed by atoms with van der Waals surface area (Å²) in [7, 11) is 1.66. The summed E-state index contributed by atoms with van der Waals surface area (Å²) in [4.78, 5) is 26.4. The lowest BCUT2D eigenvalue weighted by Crippen LogP contribution is -2.46. The number of ether oxygens (including phenoxy) is 2. The number of rotatable bonds is 5. The first-order chi connectivity index (χ1) is 15.9. The van der Waals surface area contributed by atoms with Crippen molar-refractivity contribution >= 4 is 28.5 Å². The smallest absolute Gasteiger partial charge is 0.409 e. The molecule has 1 aromatic heterocycles. The summed E-state index contributed by atoms with van der Waals surface area (Å²) in [5.74, 6) is 1.71. The van der Waals surface area contributed by atoms with Crippen LogP contribution in [0.5, 0.6) is 5.75 Å². The van der Waals surface area contributed by atoms with Gasteiger partial charge in [0.05, 0.1) is 13.7 Å². The molecule has 1 fully saturated rings. The number of nitrogens with zero attached hydrogens (tertiary/aromatic N) is 1. The van der Waals surface area contributed by atoms with Crippen LogP contribution in [-0.2, 0) is 22.4 Å². The molecular weight excluding hydrogens is 420 g/mol. The molecular formula is C26H34N2O5. The Morgan fingerprint density at radius 2 is 1.97 bits per heavy atom. The molecule has 1 saturated heterocycles. The molecule has 2 aliphatic rings. The first kappa shape index (κ1) is 23.2. The zero-order chi connectivity index (χ0) is 23.5. The van der Waals surface area contributed by atoms with Gasteiger partial charge < -0.3 is 24.1 Å². The molecule has 1 aliphatic carbocycles. The van der Waals surface area contributed by atoms with Crippen LogP contribution in [-0.4, -0.2) is 49.7 Å². The van der Waals surface area contributed by atoms with Gasteiger partial charge in [0.15, 0.2) is 0 Å². The number of amides is 2. The molecule has 0 atom stereocenters. The van der Waals surface area contributed by atoms with Crippen LogP contribution >= 0.6 is 0 Å². The van der Waals surface area contributed by atoms with E-state index in [-0.39, 0.29) is 18.0 Å². The van der Waals surface area contributed by atoms with Crippen molar-refractivity contribution in [3.63, 3.8) is 0 Å². The normalized spacial score (nSPS) is 17.1. The summed E-state index contributed by atoms with van der Waals surface area (Å²) in [6, 6.07) is 2.16. The van der Waals surface area contributed by atoms with Crippen LogP contribution in [0.3, 0.4) is 0 Å². The van der Waals surface area contributed by atoms with E-state index in [1.54, 1.807) is 25.0 Å². The fraction of sp³-hybridized carbons (Fsp3) is 0.538. The number of furan rings is 1. The minimum absolute atomic E-state index is 0.0410. The van der Waals surface area contributed by atoms with Crippen molar-refractivity contribution < 1.29 is 23.5 Å². The molecule has 7 heteroatoms. The molecule has 1 aliphatic heterocycles. The Kier molecular flexibility index (Phi) is 6.96. The molecule has 7 nitrogen and oxygen atoms in total. The highest BCUT2D eigenvalue weighted by molar-refractivity contribution is 5.98. The van der Waals surface area contributed by atoms with E-state index in [9.17, 15) is 9.59 Å². The van der Waals surface area contributed by atoms with Crippen LogP contribution < -0.4 is 10.1 Å². The summed E-state index contributed by atoms with van der Waals surface area (Å²) >= 11 is 0. The van der Waals surface area contributed by atoms with Crippen LogP contribution in [0.4, 0.5) is 4.79 Å². The molecule has 0 spiro atoms. The fourth-order valence-electron chi connectivity index (χ4n) is 5.03. The summed E-state index contributed by atoms with van der Waals surface area (Å²) in [6.07, 6.45) is 7.14. The topological polar surface area (TPSA) is 81.0 Å². The van der Waals surface area contributed by atoms with Gasteiger partial charge in [-0.15, -0.1) is 0 Å². The predicted octanol–water partition coefficient (Wildman–Crippen LogP) is 4.77. The van der Waals surface area contributed by atoms with Gasteiger partial charge in [-0.3, -0.25) is 4.79 Å². The maximum Gasteiger partial charge on any atom is 0.409 e. The molecule has 4 rings (SSSR count). The number of carbonyl (C=O) groups is 2. The number of methoxy groups -OCH3 is 1. The standard InChI is InChI=1S/C26H34N2O5/c1-5-32-26(30)28-12-10-18(11-13-28)27-23(29)14-16(2)20-15-21-19-8-6-7-9-22(19)33-25(21)17(3)24(20)31-4/h14-15,18H,5-13H2,1-4H3,(H,27,29)/b16-14+. The van der Waals surface area contributed by atoms with Gasteiger partial charge in [-0.05, 0) is 64.5 Å². The number of allylic oxidation sites excluding steroid dienone is 1. The Labute approximate surface area is 195 Å². The van der Waals surface area contributed by atoms with Crippen molar-refractivity contribution in [1.82, 2.24) is 10.2 Å². The maximum absolute atomic E-state index is 12.8. The van der Waals surface area contributed by atoms with E-state index in [1.807, 2.05) is 13.8 Å². The van der Waals surface area contributed by atoms with Crippen molar-refractivity contribution in [2.75, 3.05) is 26.8 Å². The molecule has 2 heterocycles. The average Bonchev–Trinajstić information content (AvgIpc) is 3.18. The Morgan fingerprint density at radius 3 is 2.67 bits per heavy atom. The summed E-state index contributed by atoms with van der Waals surface area (Å²) in [6.45, 7) is 7.30. The fourth-order valence-corrected chi connectivity index (χ4v) is 5.03. The van der Waals surface area contributed by atoms with Gasteiger partial charge >= 0.3 is 6.09 Å². The molecule has 0 radical (unpaired) electrons. The molecule has 1 aromatic carbocycles. The van der Waals surface area contributed by atoms with Crippen molar-refractivity contribution in [1.29, 1.82) is 0 Å². The van der Waals surface area contributed by atoms with Crippen LogP contribution in [0.2, 0.25) is 0 Å². The predicted molar refractivity (Wildman–Crippen MR) is 128 cm³/mol. The van der Waals surface area contributed by atoms with Crippen LogP contribution in [0, 0.1) is 6.92 Å². The molecule has 2 amide bonds. The summed E-state index contributed by atoms with van der Waals surface area (Å²) < 4.78 is 17.0. The van der Waals surface area contributed by atoms with Gasteiger partial charge in [-0.25, -0.2) is 4.79 Å². The molecule has 0 unspecified atom stereocenters. The number of likely N-dealkylation sites (tertiary alicyclic amines) is 1. The summed E-state index contributed by atoms with van der Waals surface area (Å²) in [5, 5.41) is 4.23. The lowest BCUT2D eigenvalue weighted by atomic mass is 9.93. The number of hydrogen-bond donors (Lipinski definition) is 1. The third kappa shape index (κ3) is 4.72. The number of aryl methyl sites for hydroxylation is 3. The van der Waals surface area contributed by atoms with Crippen molar-refractivity contribution in [2.45, 2.75) is 65.3 Å². The Hall–Kier alpha value is -2.96. The van der Waals surface area contributed by atoms with Gasteiger partial charge in [-0.2, -0.15) is 0 Å². The van der Waals surface area contributed by atoms with E-state index in [1.165, 1.54) is 12.0 Å². The number of hydrogen-bond acceptors (Lipinski definition) is 5. The number of piperidine rings is 1. The Morgan fingerprint density at radius 1 is 1.24 bits per heavy atom. The van der Waals surface area contributed by atoms with Crippen LogP contribution in [0.1, 0.15) is 62.0 Å². The van der Waals surface area contributed by atoms with E-state index in [0.29, 0.717) is 32.5 Å². The van der Waals surface area contributed by atoms with Gasteiger partial charge in [0.25, 0.3) is 0 Å². The lowest BCUT2D eigenvalue weighted by molar-refractivity contribution is -0.117. The first-order valence-electron chi connectivity index (χ1n) is 12.0. The molecule has 33 heavy (non-hydrogen) atoms. The minimum Gasteiger partial charge on any atom is -0.496 e.